The predicted molar refractivity (Wildman–Crippen MR) is 133 cm³/mol. The summed E-state index contributed by atoms with van der Waals surface area (Å²) in [6.45, 7) is 11.3. The third kappa shape index (κ3) is 8.91. The van der Waals surface area contributed by atoms with Crippen LogP contribution >= 0.6 is 0 Å². The maximum absolute atomic E-state index is 9.00. The normalized spacial score (nSPS) is 16.3. The Kier molecular flexibility index (Phi) is 10.7. The second-order valence-electron chi connectivity index (χ2n) is 9.47. The van der Waals surface area contributed by atoms with Crippen molar-refractivity contribution in [3.05, 3.63) is 59.7 Å². The average Bonchev–Trinajstić information content (AvgIpc) is 3.68. The van der Waals surface area contributed by atoms with Crippen molar-refractivity contribution in [2.24, 2.45) is 5.92 Å². The molecule has 2 atom stereocenters. The Hall–Kier alpha value is -2.12. The molecule has 1 aliphatic rings. The van der Waals surface area contributed by atoms with Crippen LogP contribution in [0.25, 0.3) is 0 Å². The van der Waals surface area contributed by atoms with Crippen molar-refractivity contribution in [3.63, 3.8) is 0 Å². The molecule has 0 aliphatic carbocycles. The lowest BCUT2D eigenvalue weighted by molar-refractivity contribution is 0.0724. The Morgan fingerprint density at radius 3 is 1.82 bits per heavy atom. The van der Waals surface area contributed by atoms with E-state index < -0.39 is 0 Å². The first kappa shape index (κ1) is 26.5. The van der Waals surface area contributed by atoms with E-state index in [1.165, 1.54) is 11.1 Å². The van der Waals surface area contributed by atoms with E-state index in [1.54, 1.807) is 0 Å². The number of aliphatic hydroxyl groups is 1. The predicted octanol–water partition coefficient (Wildman–Crippen LogP) is 4.61. The number of hydrogen-bond donors (Lipinski definition) is 1. The SMILES string of the molecule is CC(CO)COCCCOc1ccc(C(C)(C)c2ccc(OCCCOCC3CO3)cc2)cc1. The Labute approximate surface area is 204 Å². The molecule has 0 saturated carbocycles. The largest absolute Gasteiger partial charge is 0.494 e. The summed E-state index contributed by atoms with van der Waals surface area (Å²) in [6.07, 6.45) is 2.00. The second kappa shape index (κ2) is 13.7. The summed E-state index contributed by atoms with van der Waals surface area (Å²) in [5.74, 6) is 1.92. The molecule has 0 amide bonds. The zero-order chi connectivity index (χ0) is 24.2. The molecular weight excluding hydrogens is 432 g/mol. The first-order valence-electron chi connectivity index (χ1n) is 12.3. The molecule has 1 N–H and O–H groups in total. The van der Waals surface area contributed by atoms with Gasteiger partial charge in [0.1, 0.15) is 17.6 Å². The molecule has 2 aromatic rings. The van der Waals surface area contributed by atoms with Gasteiger partial charge in [-0.2, -0.15) is 0 Å². The minimum Gasteiger partial charge on any atom is -0.494 e. The van der Waals surface area contributed by atoms with Crippen LogP contribution in [-0.2, 0) is 19.6 Å². The molecule has 6 nitrogen and oxygen atoms in total. The quantitative estimate of drug-likeness (QED) is 0.268. The summed E-state index contributed by atoms with van der Waals surface area (Å²) in [6, 6.07) is 16.7. The maximum atomic E-state index is 9.00. The van der Waals surface area contributed by atoms with E-state index in [4.69, 9.17) is 28.8 Å². The zero-order valence-electron chi connectivity index (χ0n) is 20.8. The lowest BCUT2D eigenvalue weighted by atomic mass is 9.78. The Morgan fingerprint density at radius 2 is 1.35 bits per heavy atom. The molecule has 2 unspecified atom stereocenters. The van der Waals surface area contributed by atoms with Gasteiger partial charge in [0.2, 0.25) is 0 Å². The highest BCUT2D eigenvalue weighted by molar-refractivity contribution is 5.41. The minimum absolute atomic E-state index is 0.132. The van der Waals surface area contributed by atoms with Gasteiger partial charge in [0.05, 0.1) is 33.0 Å². The zero-order valence-corrected chi connectivity index (χ0v) is 20.8. The summed E-state index contributed by atoms with van der Waals surface area (Å²) in [7, 11) is 0. The van der Waals surface area contributed by atoms with Crippen molar-refractivity contribution >= 4 is 0 Å². The topological polar surface area (TPSA) is 69.7 Å². The minimum atomic E-state index is -0.132. The van der Waals surface area contributed by atoms with Gasteiger partial charge in [-0.3, -0.25) is 0 Å². The fourth-order valence-corrected chi connectivity index (χ4v) is 3.52. The van der Waals surface area contributed by atoms with Gasteiger partial charge in [0.15, 0.2) is 0 Å². The van der Waals surface area contributed by atoms with E-state index in [-0.39, 0.29) is 17.9 Å². The average molecular weight is 473 g/mol. The van der Waals surface area contributed by atoms with E-state index in [0.29, 0.717) is 45.7 Å². The van der Waals surface area contributed by atoms with Gasteiger partial charge in [-0.15, -0.1) is 0 Å². The molecular formula is C28H40O6. The van der Waals surface area contributed by atoms with Crippen LogP contribution in [0, 0.1) is 5.92 Å². The second-order valence-corrected chi connectivity index (χ2v) is 9.47. The molecule has 2 aromatic carbocycles. The van der Waals surface area contributed by atoms with Crippen LogP contribution in [0.15, 0.2) is 48.5 Å². The molecule has 188 valence electrons. The molecule has 1 heterocycles. The fraction of sp³-hybridized carbons (Fsp3) is 0.571. The van der Waals surface area contributed by atoms with E-state index in [0.717, 1.165) is 30.9 Å². The summed E-state index contributed by atoms with van der Waals surface area (Å²) < 4.78 is 27.9. The van der Waals surface area contributed by atoms with E-state index >= 15 is 0 Å². The molecule has 1 fully saturated rings. The third-order valence-corrected chi connectivity index (χ3v) is 5.98. The Balaban J connectivity index is 1.39. The summed E-state index contributed by atoms with van der Waals surface area (Å²) >= 11 is 0. The summed E-state index contributed by atoms with van der Waals surface area (Å²) in [5.41, 5.74) is 2.33. The number of benzene rings is 2. The number of epoxide rings is 1. The molecule has 1 aliphatic heterocycles. The highest BCUT2D eigenvalue weighted by Gasteiger charge is 2.23. The van der Waals surface area contributed by atoms with Crippen LogP contribution < -0.4 is 9.47 Å². The maximum Gasteiger partial charge on any atom is 0.119 e. The molecule has 0 bridgehead atoms. The van der Waals surface area contributed by atoms with E-state index in [9.17, 15) is 0 Å². The molecule has 0 aromatic heterocycles. The van der Waals surface area contributed by atoms with Crippen LogP contribution in [-0.4, -0.2) is 64.1 Å². The smallest absolute Gasteiger partial charge is 0.119 e. The van der Waals surface area contributed by atoms with E-state index in [1.807, 2.05) is 31.2 Å². The number of rotatable bonds is 17. The third-order valence-electron chi connectivity index (χ3n) is 5.98. The lowest BCUT2D eigenvalue weighted by Crippen LogP contribution is -2.18. The Morgan fingerprint density at radius 1 is 0.853 bits per heavy atom. The number of hydrogen-bond acceptors (Lipinski definition) is 6. The van der Waals surface area contributed by atoms with Crippen molar-refractivity contribution in [1.82, 2.24) is 0 Å². The van der Waals surface area contributed by atoms with Crippen molar-refractivity contribution in [2.75, 3.05) is 52.9 Å². The first-order valence-corrected chi connectivity index (χ1v) is 12.3. The molecule has 34 heavy (non-hydrogen) atoms. The van der Waals surface area contributed by atoms with Crippen molar-refractivity contribution in [1.29, 1.82) is 0 Å². The van der Waals surface area contributed by atoms with Crippen molar-refractivity contribution < 1.29 is 28.8 Å². The molecule has 1 saturated heterocycles. The van der Waals surface area contributed by atoms with Gasteiger partial charge in [0.25, 0.3) is 0 Å². The van der Waals surface area contributed by atoms with E-state index in [2.05, 4.69) is 38.1 Å². The molecule has 0 radical (unpaired) electrons. The summed E-state index contributed by atoms with van der Waals surface area (Å²) in [4.78, 5) is 0. The summed E-state index contributed by atoms with van der Waals surface area (Å²) in [5, 5.41) is 9.00. The Bertz CT molecular complexity index is 814. The fourth-order valence-electron chi connectivity index (χ4n) is 3.52. The molecule has 0 spiro atoms. The number of ether oxygens (including phenoxy) is 5. The lowest BCUT2D eigenvalue weighted by Gasteiger charge is -2.26. The van der Waals surface area contributed by atoms with Gasteiger partial charge < -0.3 is 28.8 Å². The van der Waals surface area contributed by atoms with Crippen LogP contribution in [0.4, 0.5) is 0 Å². The molecule has 6 heteroatoms. The van der Waals surface area contributed by atoms with Gasteiger partial charge in [-0.05, 0) is 35.4 Å². The van der Waals surface area contributed by atoms with Crippen LogP contribution in [0.3, 0.4) is 0 Å². The van der Waals surface area contributed by atoms with Gasteiger partial charge in [0, 0.05) is 44.0 Å². The standard InChI is InChI=1S/C28H40O6/c1-22(18-29)19-30-14-4-16-32-25-10-6-23(7-11-25)28(2,3)24-8-12-26(13-9-24)33-17-5-15-31-20-27-21-34-27/h6-13,22,27,29H,4-5,14-21H2,1-3H3. The number of aliphatic hydroxyl groups excluding tert-OH is 1. The van der Waals surface area contributed by atoms with Crippen LogP contribution in [0.5, 0.6) is 11.5 Å². The van der Waals surface area contributed by atoms with Gasteiger partial charge >= 0.3 is 0 Å². The molecule has 3 rings (SSSR count). The first-order chi connectivity index (χ1) is 16.5. The highest BCUT2D eigenvalue weighted by Crippen LogP contribution is 2.33. The highest BCUT2D eigenvalue weighted by atomic mass is 16.6. The van der Waals surface area contributed by atoms with Crippen LogP contribution in [0.2, 0.25) is 0 Å². The van der Waals surface area contributed by atoms with Crippen LogP contribution in [0.1, 0.15) is 44.7 Å². The van der Waals surface area contributed by atoms with Gasteiger partial charge in [-0.1, -0.05) is 45.0 Å². The van der Waals surface area contributed by atoms with Crippen molar-refractivity contribution in [3.8, 4) is 11.5 Å². The monoisotopic (exact) mass is 472 g/mol. The van der Waals surface area contributed by atoms with Gasteiger partial charge in [-0.25, -0.2) is 0 Å². The van der Waals surface area contributed by atoms with Crippen molar-refractivity contribution in [2.45, 2.75) is 45.1 Å².